The predicted molar refractivity (Wildman–Crippen MR) is 73.9 cm³/mol. The molecule has 0 saturated heterocycles. The molecule has 0 heterocycles. The summed E-state index contributed by atoms with van der Waals surface area (Å²) >= 11 is 3.29. The van der Waals surface area contributed by atoms with E-state index in [0.29, 0.717) is 12.0 Å². The Balaban J connectivity index is 3.11. The number of hydrogen-bond donors (Lipinski definition) is 0. The van der Waals surface area contributed by atoms with Gasteiger partial charge >= 0.3 is 5.97 Å². The fourth-order valence-corrected chi connectivity index (χ4v) is 2.85. The normalized spacial score (nSPS) is 14.1. The highest BCUT2D eigenvalue weighted by Gasteiger charge is 2.45. The third kappa shape index (κ3) is 3.19. The molecule has 0 aliphatic carbocycles. The molecular weight excluding hydrogens is 296 g/mol. The molecule has 0 bridgehead atoms. The largest absolute Gasteiger partial charge is 0.468 e. The average molecular weight is 313 g/mol. The summed E-state index contributed by atoms with van der Waals surface area (Å²) in [6, 6.07) is 8.76. The third-order valence-electron chi connectivity index (χ3n) is 2.59. The van der Waals surface area contributed by atoms with Gasteiger partial charge in [-0.25, -0.2) is 0 Å². The predicted octanol–water partition coefficient (Wildman–Crippen LogP) is 3.22. The molecular formula is C14H17BrO3. The van der Waals surface area contributed by atoms with E-state index in [9.17, 15) is 9.59 Å². The topological polar surface area (TPSA) is 43.4 Å². The minimum absolute atomic E-state index is 0.191. The highest BCUT2D eigenvalue weighted by molar-refractivity contribution is 9.10. The van der Waals surface area contributed by atoms with Gasteiger partial charge in [0.25, 0.3) is 0 Å². The molecule has 0 radical (unpaired) electrons. The lowest BCUT2D eigenvalue weighted by Crippen LogP contribution is -2.42. The van der Waals surface area contributed by atoms with Crippen LogP contribution in [-0.4, -0.2) is 23.2 Å². The summed E-state index contributed by atoms with van der Waals surface area (Å²) in [7, 11) is 1.29. The van der Waals surface area contributed by atoms with Gasteiger partial charge in [-0.2, -0.15) is 0 Å². The molecule has 1 rings (SSSR count). The van der Waals surface area contributed by atoms with Crippen LogP contribution in [0.3, 0.4) is 0 Å². The Morgan fingerprint density at radius 2 is 1.83 bits per heavy atom. The molecule has 3 nitrogen and oxygen atoms in total. The van der Waals surface area contributed by atoms with Crippen molar-refractivity contribution in [1.29, 1.82) is 0 Å². The van der Waals surface area contributed by atoms with Gasteiger partial charge in [0, 0.05) is 5.56 Å². The fourth-order valence-electron chi connectivity index (χ4n) is 1.81. The molecule has 1 unspecified atom stereocenters. The van der Waals surface area contributed by atoms with Crippen LogP contribution in [-0.2, 0) is 9.53 Å². The van der Waals surface area contributed by atoms with Crippen LogP contribution in [0.2, 0.25) is 0 Å². The van der Waals surface area contributed by atoms with Crippen molar-refractivity contribution in [1.82, 2.24) is 0 Å². The van der Waals surface area contributed by atoms with Crippen LogP contribution in [0.25, 0.3) is 0 Å². The highest BCUT2D eigenvalue weighted by Crippen LogP contribution is 2.32. The number of benzene rings is 1. The maximum atomic E-state index is 12.5. The quantitative estimate of drug-likeness (QED) is 0.363. The Morgan fingerprint density at radius 1 is 1.28 bits per heavy atom. The van der Waals surface area contributed by atoms with Gasteiger partial charge in [0.2, 0.25) is 0 Å². The Kier molecular flexibility index (Phi) is 5.08. The van der Waals surface area contributed by atoms with Crippen molar-refractivity contribution in [3.8, 4) is 0 Å². The van der Waals surface area contributed by atoms with E-state index < -0.39 is 10.3 Å². The molecule has 0 N–H and O–H groups in total. The molecule has 0 saturated carbocycles. The van der Waals surface area contributed by atoms with Gasteiger partial charge in [-0.1, -0.05) is 60.1 Å². The molecule has 0 amide bonds. The standard InChI is InChI=1S/C14H17BrO3/c1-10(2)9-14(15,13(17)18-3)12(16)11-7-5-4-6-8-11/h4-8,10H,9H2,1-3H3. The Bertz CT molecular complexity index is 428. The number of esters is 1. The lowest BCUT2D eigenvalue weighted by molar-refractivity contribution is -0.142. The molecule has 0 aliphatic rings. The van der Waals surface area contributed by atoms with E-state index in [1.54, 1.807) is 24.3 Å². The second-order valence-electron chi connectivity index (χ2n) is 4.59. The van der Waals surface area contributed by atoms with E-state index in [1.165, 1.54) is 7.11 Å². The summed E-state index contributed by atoms with van der Waals surface area (Å²) < 4.78 is 3.46. The van der Waals surface area contributed by atoms with Crippen LogP contribution < -0.4 is 0 Å². The number of alkyl halides is 1. The van der Waals surface area contributed by atoms with E-state index >= 15 is 0 Å². The van der Waals surface area contributed by atoms with Crippen molar-refractivity contribution < 1.29 is 14.3 Å². The molecule has 98 valence electrons. The van der Waals surface area contributed by atoms with Crippen molar-refractivity contribution >= 4 is 27.7 Å². The van der Waals surface area contributed by atoms with Crippen LogP contribution >= 0.6 is 15.9 Å². The van der Waals surface area contributed by atoms with Crippen LogP contribution in [0.1, 0.15) is 30.6 Å². The molecule has 0 fully saturated rings. The molecule has 0 aromatic heterocycles. The third-order valence-corrected chi connectivity index (χ3v) is 3.60. The smallest absolute Gasteiger partial charge is 0.330 e. The number of Topliss-reactive ketones (excluding diaryl/α,β-unsaturated/α-hetero) is 1. The summed E-state index contributed by atoms with van der Waals surface area (Å²) in [6.45, 7) is 3.91. The van der Waals surface area contributed by atoms with E-state index in [2.05, 4.69) is 15.9 Å². The second kappa shape index (κ2) is 6.14. The summed E-state index contributed by atoms with van der Waals surface area (Å²) in [5.41, 5.74) is 0.500. The van der Waals surface area contributed by atoms with Crippen LogP contribution in [0, 0.1) is 5.92 Å². The molecule has 1 aromatic carbocycles. The Hall–Kier alpha value is -1.16. The van der Waals surface area contributed by atoms with Gasteiger partial charge in [0.15, 0.2) is 10.1 Å². The maximum absolute atomic E-state index is 12.5. The highest BCUT2D eigenvalue weighted by atomic mass is 79.9. The molecule has 0 spiro atoms. The van der Waals surface area contributed by atoms with Crippen molar-refractivity contribution in [2.75, 3.05) is 7.11 Å². The van der Waals surface area contributed by atoms with Crippen LogP contribution in [0.4, 0.5) is 0 Å². The zero-order valence-electron chi connectivity index (χ0n) is 10.8. The minimum Gasteiger partial charge on any atom is -0.468 e. The first-order valence-electron chi connectivity index (χ1n) is 5.79. The number of carbonyl (C=O) groups is 2. The zero-order valence-corrected chi connectivity index (χ0v) is 12.4. The maximum Gasteiger partial charge on any atom is 0.330 e. The second-order valence-corrected chi connectivity index (χ2v) is 5.94. The molecule has 1 atom stereocenters. The van der Waals surface area contributed by atoms with Gasteiger partial charge in [-0.15, -0.1) is 0 Å². The monoisotopic (exact) mass is 312 g/mol. The van der Waals surface area contributed by atoms with Crippen LogP contribution in [0.5, 0.6) is 0 Å². The number of hydrogen-bond acceptors (Lipinski definition) is 3. The first-order valence-corrected chi connectivity index (χ1v) is 6.58. The number of halogens is 1. The van der Waals surface area contributed by atoms with E-state index in [1.807, 2.05) is 19.9 Å². The average Bonchev–Trinajstić information content (AvgIpc) is 2.36. The molecule has 4 heteroatoms. The summed E-state index contributed by atoms with van der Waals surface area (Å²) in [5, 5.41) is 0. The number of methoxy groups -OCH3 is 1. The summed E-state index contributed by atoms with van der Waals surface area (Å²) in [5.74, 6) is -0.621. The number of rotatable bonds is 5. The first kappa shape index (κ1) is 14.9. The Labute approximate surface area is 116 Å². The van der Waals surface area contributed by atoms with Crippen molar-refractivity contribution in [2.45, 2.75) is 24.6 Å². The van der Waals surface area contributed by atoms with E-state index in [4.69, 9.17) is 4.74 Å². The number of carbonyl (C=O) groups excluding carboxylic acids is 2. The fraction of sp³-hybridized carbons (Fsp3) is 0.429. The van der Waals surface area contributed by atoms with Gasteiger partial charge in [0.1, 0.15) is 0 Å². The summed E-state index contributed by atoms with van der Waals surface area (Å²) in [4.78, 5) is 24.3. The lowest BCUT2D eigenvalue weighted by Gasteiger charge is -2.25. The van der Waals surface area contributed by atoms with E-state index in [-0.39, 0.29) is 11.7 Å². The van der Waals surface area contributed by atoms with Crippen molar-refractivity contribution in [2.24, 2.45) is 5.92 Å². The molecule has 18 heavy (non-hydrogen) atoms. The number of ether oxygens (including phenoxy) is 1. The van der Waals surface area contributed by atoms with Gasteiger partial charge in [-0.05, 0) is 12.3 Å². The van der Waals surface area contributed by atoms with Crippen molar-refractivity contribution in [3.05, 3.63) is 35.9 Å². The molecule has 1 aromatic rings. The SMILES string of the molecule is COC(=O)C(Br)(CC(C)C)C(=O)c1ccccc1. The lowest BCUT2D eigenvalue weighted by atomic mass is 9.89. The van der Waals surface area contributed by atoms with Gasteiger partial charge in [0.05, 0.1) is 7.11 Å². The minimum atomic E-state index is -1.29. The van der Waals surface area contributed by atoms with E-state index in [0.717, 1.165) is 0 Å². The van der Waals surface area contributed by atoms with Gasteiger partial charge < -0.3 is 4.74 Å². The number of ketones is 1. The zero-order chi connectivity index (χ0) is 13.8. The Morgan fingerprint density at radius 3 is 2.28 bits per heavy atom. The van der Waals surface area contributed by atoms with Crippen LogP contribution in [0.15, 0.2) is 30.3 Å². The van der Waals surface area contributed by atoms with Gasteiger partial charge in [-0.3, -0.25) is 9.59 Å². The molecule has 0 aliphatic heterocycles. The summed E-state index contributed by atoms with van der Waals surface area (Å²) in [6.07, 6.45) is 0.396. The van der Waals surface area contributed by atoms with Crippen molar-refractivity contribution in [3.63, 3.8) is 0 Å². The first-order chi connectivity index (χ1) is 8.41.